The quantitative estimate of drug-likeness (QED) is 0.725. The summed E-state index contributed by atoms with van der Waals surface area (Å²) in [7, 11) is 0. The number of nitrogens with one attached hydrogen (secondary N) is 1. The molecular weight excluding hydrogens is 166 g/mol. The lowest BCUT2D eigenvalue weighted by molar-refractivity contribution is 0.0996. The van der Waals surface area contributed by atoms with Gasteiger partial charge in [-0.15, -0.1) is 0 Å². The maximum Gasteiger partial charge on any atom is 0.269 e. The lowest BCUT2D eigenvalue weighted by Gasteiger charge is -2.09. The third-order valence-corrected chi connectivity index (χ3v) is 1.75. The van der Waals surface area contributed by atoms with Gasteiger partial charge < -0.3 is 11.1 Å². The maximum absolute atomic E-state index is 11.0. The third-order valence-electron chi connectivity index (χ3n) is 1.75. The fraction of sp³-hybridized carbons (Fsp3) is 0.333. The van der Waals surface area contributed by atoms with Crippen LogP contribution in [0.2, 0.25) is 0 Å². The number of aryl methyl sites for hydroxylation is 1. The van der Waals surface area contributed by atoms with Crippen LogP contribution >= 0.6 is 0 Å². The fourth-order valence-electron chi connectivity index (χ4n) is 1.14. The molecule has 0 aromatic carbocycles. The van der Waals surface area contributed by atoms with Gasteiger partial charge in [0.15, 0.2) is 5.69 Å². The minimum Gasteiger partial charge on any atom is -0.383 e. The summed E-state index contributed by atoms with van der Waals surface area (Å²) in [5, 5.41) is 3.06. The smallest absolute Gasteiger partial charge is 0.269 e. The number of anilines is 1. The summed E-state index contributed by atoms with van der Waals surface area (Å²) in [6.45, 7) is 4.61. The molecular formula is C9H13N3O. The topological polar surface area (TPSA) is 68.0 Å². The molecule has 1 aromatic rings. The van der Waals surface area contributed by atoms with Gasteiger partial charge in [0.25, 0.3) is 5.91 Å². The molecule has 1 amide bonds. The molecule has 0 saturated carbocycles. The van der Waals surface area contributed by atoms with Gasteiger partial charge in [0.1, 0.15) is 0 Å². The number of carbonyl (C=O) groups excluding carboxylic acids is 1. The van der Waals surface area contributed by atoms with Crippen LogP contribution in [0.1, 0.15) is 23.0 Å². The van der Waals surface area contributed by atoms with Crippen molar-refractivity contribution >= 4 is 11.6 Å². The van der Waals surface area contributed by atoms with E-state index in [1.807, 2.05) is 19.9 Å². The van der Waals surface area contributed by atoms with Crippen LogP contribution in [-0.2, 0) is 0 Å². The van der Waals surface area contributed by atoms with E-state index in [2.05, 4.69) is 10.3 Å². The Morgan fingerprint density at radius 1 is 1.69 bits per heavy atom. The van der Waals surface area contributed by atoms with E-state index in [1.165, 1.54) is 0 Å². The monoisotopic (exact) mass is 179 g/mol. The molecule has 0 spiro atoms. The number of nitrogens with two attached hydrogens (primary N) is 1. The Labute approximate surface area is 77.2 Å². The molecule has 0 atom stereocenters. The Morgan fingerprint density at radius 2 is 2.38 bits per heavy atom. The predicted molar refractivity (Wildman–Crippen MR) is 51.7 cm³/mol. The Hall–Kier alpha value is -1.58. The molecule has 0 unspecified atom stereocenters. The van der Waals surface area contributed by atoms with E-state index in [9.17, 15) is 4.79 Å². The summed E-state index contributed by atoms with van der Waals surface area (Å²) in [5.74, 6) is -0.500. The molecule has 0 radical (unpaired) electrons. The van der Waals surface area contributed by atoms with Crippen LogP contribution in [0.3, 0.4) is 0 Å². The van der Waals surface area contributed by atoms with Crippen molar-refractivity contribution in [1.82, 2.24) is 4.98 Å². The highest BCUT2D eigenvalue weighted by atomic mass is 16.1. The van der Waals surface area contributed by atoms with E-state index in [1.54, 1.807) is 6.20 Å². The molecule has 0 fully saturated rings. The van der Waals surface area contributed by atoms with E-state index in [-0.39, 0.29) is 0 Å². The maximum atomic E-state index is 11.0. The van der Waals surface area contributed by atoms with Gasteiger partial charge in [-0.2, -0.15) is 0 Å². The zero-order valence-corrected chi connectivity index (χ0v) is 7.79. The first-order chi connectivity index (χ1) is 6.16. The van der Waals surface area contributed by atoms with Crippen LogP contribution in [0.5, 0.6) is 0 Å². The molecule has 1 heterocycles. The Morgan fingerprint density at radius 3 is 2.92 bits per heavy atom. The number of primary amides is 1. The highest BCUT2D eigenvalue weighted by molar-refractivity contribution is 5.97. The number of hydrogen-bond donors (Lipinski definition) is 2. The molecule has 0 bridgehead atoms. The molecule has 4 nitrogen and oxygen atoms in total. The first-order valence-electron chi connectivity index (χ1n) is 4.16. The summed E-state index contributed by atoms with van der Waals surface area (Å²) < 4.78 is 0. The number of pyridine rings is 1. The van der Waals surface area contributed by atoms with Gasteiger partial charge in [-0.3, -0.25) is 4.79 Å². The molecule has 0 saturated heterocycles. The van der Waals surface area contributed by atoms with Crippen molar-refractivity contribution in [3.63, 3.8) is 0 Å². The standard InChI is InChI=1S/C9H13N3O/c1-3-11-7-6(2)4-5-12-8(7)9(10)13/h4-5,11H,3H2,1-2H3,(H2,10,13). The van der Waals surface area contributed by atoms with Crippen LogP contribution in [0.4, 0.5) is 5.69 Å². The molecule has 0 aliphatic carbocycles. The van der Waals surface area contributed by atoms with Gasteiger partial charge >= 0.3 is 0 Å². The second-order valence-corrected chi connectivity index (χ2v) is 2.75. The van der Waals surface area contributed by atoms with Crippen molar-refractivity contribution in [2.45, 2.75) is 13.8 Å². The third kappa shape index (κ3) is 1.96. The zero-order chi connectivity index (χ0) is 9.84. The van der Waals surface area contributed by atoms with Crippen LogP contribution in [0, 0.1) is 6.92 Å². The number of hydrogen-bond acceptors (Lipinski definition) is 3. The van der Waals surface area contributed by atoms with Crippen LogP contribution in [0.15, 0.2) is 12.3 Å². The summed E-state index contributed by atoms with van der Waals surface area (Å²) in [5.41, 5.74) is 7.19. The van der Waals surface area contributed by atoms with Crippen molar-refractivity contribution in [2.75, 3.05) is 11.9 Å². The second-order valence-electron chi connectivity index (χ2n) is 2.75. The normalized spacial score (nSPS) is 9.69. The molecule has 1 aromatic heterocycles. The van der Waals surface area contributed by atoms with Crippen LogP contribution < -0.4 is 11.1 Å². The molecule has 0 aliphatic rings. The number of amides is 1. The van der Waals surface area contributed by atoms with Gasteiger partial charge in [-0.05, 0) is 25.5 Å². The van der Waals surface area contributed by atoms with Crippen molar-refractivity contribution in [2.24, 2.45) is 5.73 Å². The lowest BCUT2D eigenvalue weighted by atomic mass is 10.2. The van der Waals surface area contributed by atoms with E-state index in [0.29, 0.717) is 5.69 Å². The van der Waals surface area contributed by atoms with E-state index < -0.39 is 5.91 Å². The zero-order valence-electron chi connectivity index (χ0n) is 7.79. The number of rotatable bonds is 3. The number of nitrogens with zero attached hydrogens (tertiary/aromatic N) is 1. The molecule has 13 heavy (non-hydrogen) atoms. The SMILES string of the molecule is CCNc1c(C)ccnc1C(N)=O. The Balaban J connectivity index is 3.17. The molecule has 1 rings (SSSR count). The summed E-state index contributed by atoms with van der Waals surface area (Å²) in [6, 6.07) is 1.84. The molecule has 70 valence electrons. The van der Waals surface area contributed by atoms with E-state index in [0.717, 1.165) is 17.8 Å². The highest BCUT2D eigenvalue weighted by Crippen LogP contribution is 2.16. The highest BCUT2D eigenvalue weighted by Gasteiger charge is 2.10. The summed E-state index contributed by atoms with van der Waals surface area (Å²) in [4.78, 5) is 14.9. The van der Waals surface area contributed by atoms with Gasteiger partial charge in [-0.1, -0.05) is 0 Å². The fourth-order valence-corrected chi connectivity index (χ4v) is 1.14. The molecule has 3 N–H and O–H groups in total. The summed E-state index contributed by atoms with van der Waals surface area (Å²) >= 11 is 0. The molecule has 0 aliphatic heterocycles. The number of aromatic nitrogens is 1. The first kappa shape index (κ1) is 9.51. The average molecular weight is 179 g/mol. The molecule has 4 heteroatoms. The van der Waals surface area contributed by atoms with Gasteiger partial charge in [0.05, 0.1) is 5.69 Å². The Kier molecular flexibility index (Phi) is 2.84. The van der Waals surface area contributed by atoms with Crippen molar-refractivity contribution in [3.8, 4) is 0 Å². The van der Waals surface area contributed by atoms with E-state index in [4.69, 9.17) is 5.73 Å². The van der Waals surface area contributed by atoms with Gasteiger partial charge in [-0.25, -0.2) is 4.98 Å². The van der Waals surface area contributed by atoms with Crippen molar-refractivity contribution in [3.05, 3.63) is 23.5 Å². The second kappa shape index (κ2) is 3.89. The largest absolute Gasteiger partial charge is 0.383 e. The lowest BCUT2D eigenvalue weighted by Crippen LogP contribution is -2.17. The van der Waals surface area contributed by atoms with Crippen molar-refractivity contribution < 1.29 is 4.79 Å². The minimum absolute atomic E-state index is 0.307. The summed E-state index contributed by atoms with van der Waals surface area (Å²) in [6.07, 6.45) is 1.58. The van der Waals surface area contributed by atoms with E-state index >= 15 is 0 Å². The first-order valence-corrected chi connectivity index (χ1v) is 4.16. The van der Waals surface area contributed by atoms with Gasteiger partial charge in [0.2, 0.25) is 0 Å². The van der Waals surface area contributed by atoms with Gasteiger partial charge in [0, 0.05) is 12.7 Å². The van der Waals surface area contributed by atoms with Crippen molar-refractivity contribution in [1.29, 1.82) is 0 Å². The number of carbonyl (C=O) groups is 1. The minimum atomic E-state index is -0.500. The predicted octanol–water partition coefficient (Wildman–Crippen LogP) is 0.921. The van der Waals surface area contributed by atoms with Crippen LogP contribution in [-0.4, -0.2) is 17.4 Å². The van der Waals surface area contributed by atoms with Crippen LogP contribution in [0.25, 0.3) is 0 Å². The Bertz CT molecular complexity index is 323. The average Bonchev–Trinajstić information content (AvgIpc) is 2.08.